The van der Waals surface area contributed by atoms with E-state index in [-0.39, 0.29) is 11.2 Å². The lowest BCUT2D eigenvalue weighted by molar-refractivity contribution is -0.131. The minimum atomic E-state index is -0.0736. The monoisotopic (exact) mass is 337 g/mol. The predicted molar refractivity (Wildman–Crippen MR) is 96.8 cm³/mol. The molecule has 1 amide bonds. The Hall–Kier alpha value is -0.970. The molecule has 1 unspecified atom stereocenters. The summed E-state index contributed by atoms with van der Waals surface area (Å²) in [6.45, 7) is 15.7. The Kier molecular flexibility index (Phi) is 6.18. The molecule has 1 fully saturated rings. The summed E-state index contributed by atoms with van der Waals surface area (Å²) in [5.74, 6) is 1.57. The Labute approximate surface area is 145 Å². The average Bonchev–Trinajstić information content (AvgIpc) is 2.74. The highest BCUT2D eigenvalue weighted by Gasteiger charge is 2.26. The number of hydrogen-bond acceptors (Lipinski definition) is 3. The fourth-order valence-electron chi connectivity index (χ4n) is 2.99. The number of likely N-dealkylation sites (tertiary alicyclic amines) is 1. The predicted octanol–water partition coefficient (Wildman–Crippen LogP) is 3.90. The van der Waals surface area contributed by atoms with E-state index in [9.17, 15) is 4.79 Å². The zero-order valence-corrected chi connectivity index (χ0v) is 16.2. The lowest BCUT2D eigenvalue weighted by Gasteiger charge is -2.32. The Morgan fingerprint density at radius 2 is 1.87 bits per heavy atom. The van der Waals surface area contributed by atoms with Gasteiger partial charge in [-0.3, -0.25) is 4.79 Å². The minimum Gasteiger partial charge on any atom is -0.342 e. The lowest BCUT2D eigenvalue weighted by Crippen LogP contribution is -2.41. The van der Waals surface area contributed by atoms with Gasteiger partial charge in [0.05, 0.1) is 10.9 Å². The molecule has 0 N–H and O–H groups in total. The Balaban J connectivity index is 2.06. The SMILES string of the molecule is Cc1nc(SC(C)C(=O)N2CCC(C)CC2)n(CC(C)C)c1C. The summed E-state index contributed by atoms with van der Waals surface area (Å²) in [7, 11) is 0. The van der Waals surface area contributed by atoms with Crippen molar-refractivity contribution in [1.29, 1.82) is 0 Å². The van der Waals surface area contributed by atoms with Gasteiger partial charge in [0.25, 0.3) is 0 Å². The number of aryl methyl sites for hydroxylation is 1. The van der Waals surface area contributed by atoms with E-state index in [4.69, 9.17) is 4.98 Å². The van der Waals surface area contributed by atoms with Crippen LogP contribution in [0.3, 0.4) is 0 Å². The molecule has 2 heterocycles. The van der Waals surface area contributed by atoms with Crippen molar-refractivity contribution in [2.24, 2.45) is 11.8 Å². The van der Waals surface area contributed by atoms with Gasteiger partial charge in [-0.05, 0) is 45.4 Å². The van der Waals surface area contributed by atoms with Crippen molar-refractivity contribution in [3.05, 3.63) is 11.4 Å². The third kappa shape index (κ3) is 4.52. The molecule has 0 bridgehead atoms. The quantitative estimate of drug-likeness (QED) is 0.765. The first-order chi connectivity index (χ1) is 10.8. The first kappa shape index (κ1) is 18.4. The normalized spacial score (nSPS) is 17.8. The van der Waals surface area contributed by atoms with Crippen LogP contribution in [0.15, 0.2) is 5.16 Å². The van der Waals surface area contributed by atoms with E-state index in [0.29, 0.717) is 5.92 Å². The lowest BCUT2D eigenvalue weighted by atomic mass is 9.99. The summed E-state index contributed by atoms with van der Waals surface area (Å²) < 4.78 is 2.27. The molecule has 130 valence electrons. The van der Waals surface area contributed by atoms with Gasteiger partial charge in [-0.2, -0.15) is 0 Å². The van der Waals surface area contributed by atoms with E-state index in [0.717, 1.165) is 49.2 Å². The fraction of sp³-hybridized carbons (Fsp3) is 0.778. The summed E-state index contributed by atoms with van der Waals surface area (Å²) in [5, 5.41) is 0.912. The summed E-state index contributed by atoms with van der Waals surface area (Å²) in [4.78, 5) is 19.4. The van der Waals surface area contributed by atoms with E-state index in [1.54, 1.807) is 11.8 Å². The van der Waals surface area contributed by atoms with Crippen LogP contribution in [-0.2, 0) is 11.3 Å². The average molecular weight is 338 g/mol. The number of piperidine rings is 1. The molecule has 1 aliphatic rings. The van der Waals surface area contributed by atoms with Crippen molar-refractivity contribution >= 4 is 17.7 Å². The number of hydrogen-bond donors (Lipinski definition) is 0. The summed E-state index contributed by atoms with van der Waals surface area (Å²) in [5.41, 5.74) is 2.28. The van der Waals surface area contributed by atoms with Gasteiger partial charge in [0.1, 0.15) is 0 Å². The molecule has 23 heavy (non-hydrogen) atoms. The van der Waals surface area contributed by atoms with Gasteiger partial charge >= 0.3 is 0 Å². The molecule has 0 spiro atoms. The number of amides is 1. The first-order valence-electron chi connectivity index (χ1n) is 8.78. The number of carbonyl (C=O) groups is 1. The van der Waals surface area contributed by atoms with Gasteiger partial charge in [-0.1, -0.05) is 32.5 Å². The van der Waals surface area contributed by atoms with Crippen molar-refractivity contribution in [2.75, 3.05) is 13.1 Å². The smallest absolute Gasteiger partial charge is 0.235 e. The Bertz CT molecular complexity index is 545. The second-order valence-corrected chi connectivity index (χ2v) is 8.65. The summed E-state index contributed by atoms with van der Waals surface area (Å²) >= 11 is 1.61. The Morgan fingerprint density at radius 3 is 2.43 bits per heavy atom. The van der Waals surface area contributed by atoms with Gasteiger partial charge in [0, 0.05) is 25.3 Å². The van der Waals surface area contributed by atoms with Crippen LogP contribution in [0.4, 0.5) is 0 Å². The molecule has 1 aliphatic heterocycles. The zero-order valence-electron chi connectivity index (χ0n) is 15.4. The number of thioether (sulfide) groups is 1. The molecule has 2 rings (SSSR count). The molecular formula is C18H31N3OS. The number of rotatable bonds is 5. The second kappa shape index (κ2) is 7.73. The van der Waals surface area contributed by atoms with Crippen LogP contribution in [0, 0.1) is 25.7 Å². The largest absolute Gasteiger partial charge is 0.342 e. The molecule has 0 saturated carbocycles. The first-order valence-corrected chi connectivity index (χ1v) is 9.66. The van der Waals surface area contributed by atoms with Crippen LogP contribution in [0.25, 0.3) is 0 Å². The highest BCUT2D eigenvalue weighted by atomic mass is 32.2. The summed E-state index contributed by atoms with van der Waals surface area (Å²) in [6.07, 6.45) is 2.26. The number of nitrogens with zero attached hydrogens (tertiary/aromatic N) is 3. The van der Waals surface area contributed by atoms with Crippen molar-refractivity contribution in [3.8, 4) is 0 Å². The second-order valence-electron chi connectivity index (χ2n) is 7.34. The standard InChI is InChI=1S/C18H31N3OS/c1-12(2)11-21-15(5)14(4)19-18(21)23-16(6)17(22)20-9-7-13(3)8-10-20/h12-13,16H,7-11H2,1-6H3. The number of imidazole rings is 1. The molecule has 5 heteroatoms. The summed E-state index contributed by atoms with van der Waals surface area (Å²) in [6, 6.07) is 0. The van der Waals surface area contributed by atoms with E-state index >= 15 is 0 Å². The van der Waals surface area contributed by atoms with Crippen molar-refractivity contribution in [1.82, 2.24) is 14.5 Å². The minimum absolute atomic E-state index is 0.0736. The van der Waals surface area contributed by atoms with Crippen LogP contribution in [0.1, 0.15) is 51.9 Å². The molecule has 1 saturated heterocycles. The van der Waals surface area contributed by atoms with Gasteiger partial charge in [0.15, 0.2) is 5.16 Å². The maximum absolute atomic E-state index is 12.7. The van der Waals surface area contributed by atoms with Gasteiger partial charge in [0.2, 0.25) is 5.91 Å². The highest BCUT2D eigenvalue weighted by molar-refractivity contribution is 8.00. The fourth-order valence-corrected chi connectivity index (χ4v) is 4.08. The molecule has 0 aliphatic carbocycles. The van der Waals surface area contributed by atoms with Crippen LogP contribution < -0.4 is 0 Å². The zero-order chi connectivity index (χ0) is 17.1. The van der Waals surface area contributed by atoms with E-state index in [1.165, 1.54) is 5.69 Å². The van der Waals surface area contributed by atoms with Gasteiger partial charge in [-0.25, -0.2) is 4.98 Å². The van der Waals surface area contributed by atoms with Crippen molar-refractivity contribution < 1.29 is 4.79 Å². The molecule has 1 aromatic heterocycles. The van der Waals surface area contributed by atoms with E-state index in [2.05, 4.69) is 39.2 Å². The maximum Gasteiger partial charge on any atom is 0.235 e. The molecule has 0 radical (unpaired) electrons. The van der Waals surface area contributed by atoms with Crippen LogP contribution in [0.5, 0.6) is 0 Å². The number of aromatic nitrogens is 2. The van der Waals surface area contributed by atoms with E-state index in [1.807, 2.05) is 11.8 Å². The van der Waals surface area contributed by atoms with Crippen molar-refractivity contribution in [3.63, 3.8) is 0 Å². The van der Waals surface area contributed by atoms with Crippen LogP contribution in [0.2, 0.25) is 0 Å². The van der Waals surface area contributed by atoms with Gasteiger partial charge in [-0.15, -0.1) is 0 Å². The molecular weight excluding hydrogens is 306 g/mol. The molecule has 1 aromatic rings. The van der Waals surface area contributed by atoms with Gasteiger partial charge < -0.3 is 9.47 Å². The number of carbonyl (C=O) groups excluding carboxylic acids is 1. The Morgan fingerprint density at radius 1 is 1.26 bits per heavy atom. The van der Waals surface area contributed by atoms with Crippen LogP contribution in [-0.4, -0.2) is 38.7 Å². The molecule has 4 nitrogen and oxygen atoms in total. The highest BCUT2D eigenvalue weighted by Crippen LogP contribution is 2.28. The molecule has 0 aromatic carbocycles. The van der Waals surface area contributed by atoms with Crippen molar-refractivity contribution in [2.45, 2.75) is 71.3 Å². The third-order valence-corrected chi connectivity index (χ3v) is 5.77. The van der Waals surface area contributed by atoms with Crippen LogP contribution >= 0.6 is 11.8 Å². The topological polar surface area (TPSA) is 38.1 Å². The van der Waals surface area contributed by atoms with E-state index < -0.39 is 0 Å². The molecule has 1 atom stereocenters. The maximum atomic E-state index is 12.7. The third-order valence-electron chi connectivity index (χ3n) is 4.70.